The minimum atomic E-state index is -0.914. The molecule has 2 rings (SSSR count). The number of aromatic hydroxyl groups is 1. The van der Waals surface area contributed by atoms with Crippen molar-refractivity contribution in [3.8, 4) is 11.5 Å². The minimum absolute atomic E-state index is 0.0426. The Morgan fingerprint density at radius 2 is 2.17 bits per heavy atom. The highest BCUT2D eigenvalue weighted by molar-refractivity contribution is 5.71. The fourth-order valence-corrected chi connectivity index (χ4v) is 2.44. The van der Waals surface area contributed by atoms with Gasteiger partial charge in [0.15, 0.2) is 17.3 Å². The number of carboxylic acids is 1. The smallest absolute Gasteiger partial charge is 0.304 e. The van der Waals surface area contributed by atoms with Gasteiger partial charge in [0.25, 0.3) is 0 Å². The van der Waals surface area contributed by atoms with E-state index in [0.29, 0.717) is 24.0 Å². The Labute approximate surface area is 104 Å². The molecule has 18 heavy (non-hydrogen) atoms. The van der Waals surface area contributed by atoms with Crippen LogP contribution in [-0.4, -0.2) is 23.3 Å². The molecule has 0 spiro atoms. The zero-order valence-corrected chi connectivity index (χ0v) is 10.3. The number of rotatable bonds is 4. The lowest BCUT2D eigenvalue weighted by molar-refractivity contribution is -0.137. The van der Waals surface area contributed by atoms with Gasteiger partial charge in [0.1, 0.15) is 0 Å². The van der Waals surface area contributed by atoms with Gasteiger partial charge in [-0.2, -0.15) is 0 Å². The first-order valence-corrected chi connectivity index (χ1v) is 5.69. The van der Waals surface area contributed by atoms with E-state index in [2.05, 4.69) is 0 Å². The Morgan fingerprint density at radius 3 is 2.61 bits per heavy atom. The summed E-state index contributed by atoms with van der Waals surface area (Å²) in [6.07, 6.45) is 1.36. The van der Waals surface area contributed by atoms with Crippen LogP contribution in [-0.2, 0) is 10.2 Å². The van der Waals surface area contributed by atoms with Crippen molar-refractivity contribution >= 4 is 5.97 Å². The highest BCUT2D eigenvalue weighted by Crippen LogP contribution is 2.54. The van der Waals surface area contributed by atoms with E-state index in [1.165, 1.54) is 13.2 Å². The van der Waals surface area contributed by atoms with Gasteiger partial charge in [-0.05, 0) is 37.0 Å². The van der Waals surface area contributed by atoms with Crippen molar-refractivity contribution in [2.24, 2.45) is 0 Å². The van der Waals surface area contributed by atoms with Gasteiger partial charge in [0.2, 0.25) is 0 Å². The average molecular weight is 254 g/mol. The molecule has 0 heterocycles. The number of methoxy groups -OCH3 is 1. The first kappa shape index (κ1) is 12.7. The molecule has 1 fully saturated rings. The summed E-state index contributed by atoms with van der Waals surface area (Å²) in [7, 11) is 1.28. The van der Waals surface area contributed by atoms with Crippen molar-refractivity contribution in [3.05, 3.63) is 23.0 Å². The molecule has 1 aliphatic carbocycles. The quantitative estimate of drug-likeness (QED) is 0.865. The monoisotopic (exact) mass is 254 g/mol. The molecule has 0 radical (unpaired) electrons. The molecule has 1 saturated carbocycles. The lowest BCUT2D eigenvalue weighted by atomic mass is 9.88. The topological polar surface area (TPSA) is 66.8 Å². The number of carbonyl (C=O) groups is 1. The lowest BCUT2D eigenvalue weighted by Crippen LogP contribution is -2.15. The summed E-state index contributed by atoms with van der Waals surface area (Å²) in [6.45, 7) is 1.65. The molecule has 4 nitrogen and oxygen atoms in total. The summed E-state index contributed by atoms with van der Waals surface area (Å²) in [5.41, 5.74) is 0.535. The van der Waals surface area contributed by atoms with Crippen LogP contribution in [0.1, 0.15) is 30.4 Å². The number of ether oxygens (including phenoxy) is 1. The third-order valence-electron chi connectivity index (χ3n) is 3.58. The normalized spacial score (nSPS) is 16.4. The number of halogens is 1. The fourth-order valence-electron chi connectivity index (χ4n) is 2.44. The summed E-state index contributed by atoms with van der Waals surface area (Å²) in [5, 5.41) is 18.8. The Balaban J connectivity index is 2.50. The van der Waals surface area contributed by atoms with E-state index in [1.807, 2.05) is 0 Å². The van der Waals surface area contributed by atoms with Crippen molar-refractivity contribution in [1.29, 1.82) is 0 Å². The average Bonchev–Trinajstić information content (AvgIpc) is 3.04. The van der Waals surface area contributed by atoms with Crippen LogP contribution in [0, 0.1) is 12.7 Å². The Bertz CT molecular complexity index is 506. The third kappa shape index (κ3) is 1.89. The van der Waals surface area contributed by atoms with E-state index in [9.17, 15) is 14.3 Å². The predicted octanol–water partition coefficient (Wildman–Crippen LogP) is 2.35. The summed E-state index contributed by atoms with van der Waals surface area (Å²) >= 11 is 0. The number of benzene rings is 1. The summed E-state index contributed by atoms with van der Waals surface area (Å²) in [4.78, 5) is 10.9. The Morgan fingerprint density at radius 1 is 1.56 bits per heavy atom. The molecule has 0 unspecified atom stereocenters. The van der Waals surface area contributed by atoms with Crippen molar-refractivity contribution < 1.29 is 24.1 Å². The summed E-state index contributed by atoms with van der Waals surface area (Å²) in [6, 6.07) is 1.28. The van der Waals surface area contributed by atoms with Gasteiger partial charge in [0, 0.05) is 5.41 Å². The zero-order valence-electron chi connectivity index (χ0n) is 10.3. The SMILES string of the molecule is COc1c(F)cc(C2(CC(=O)O)CC2)c(C)c1O. The van der Waals surface area contributed by atoms with Gasteiger partial charge in [-0.1, -0.05) is 0 Å². The second kappa shape index (κ2) is 4.15. The molecule has 5 heteroatoms. The summed E-state index contributed by atoms with van der Waals surface area (Å²) < 4.78 is 18.5. The second-order valence-corrected chi connectivity index (χ2v) is 4.76. The van der Waals surface area contributed by atoms with Crippen molar-refractivity contribution in [3.63, 3.8) is 0 Å². The molecule has 98 valence electrons. The molecular formula is C13H15FO4. The van der Waals surface area contributed by atoms with E-state index >= 15 is 0 Å². The highest BCUT2D eigenvalue weighted by atomic mass is 19.1. The van der Waals surface area contributed by atoms with Gasteiger partial charge < -0.3 is 14.9 Å². The van der Waals surface area contributed by atoms with Crippen molar-refractivity contribution in [2.75, 3.05) is 7.11 Å². The maximum absolute atomic E-state index is 13.8. The second-order valence-electron chi connectivity index (χ2n) is 4.76. The van der Waals surface area contributed by atoms with E-state index in [-0.39, 0.29) is 17.9 Å². The van der Waals surface area contributed by atoms with Gasteiger partial charge in [-0.15, -0.1) is 0 Å². The van der Waals surface area contributed by atoms with Crippen LogP contribution in [0.3, 0.4) is 0 Å². The zero-order chi connectivity index (χ0) is 13.5. The number of carboxylic acid groups (broad SMARTS) is 1. The standard InChI is InChI=1S/C13H15FO4/c1-7-8(13(3-4-13)6-10(15)16)5-9(14)12(18-2)11(7)17/h5,17H,3-4,6H2,1-2H3,(H,15,16). The number of hydrogen-bond donors (Lipinski definition) is 2. The highest BCUT2D eigenvalue weighted by Gasteiger charge is 2.47. The number of phenols is 1. The van der Waals surface area contributed by atoms with Crippen LogP contribution >= 0.6 is 0 Å². The van der Waals surface area contributed by atoms with Gasteiger partial charge >= 0.3 is 5.97 Å². The third-order valence-corrected chi connectivity index (χ3v) is 3.58. The molecule has 0 amide bonds. The lowest BCUT2D eigenvalue weighted by Gasteiger charge is -2.19. The van der Waals surface area contributed by atoms with E-state index in [4.69, 9.17) is 9.84 Å². The number of phenolic OH excluding ortho intramolecular Hbond substituents is 1. The van der Waals surface area contributed by atoms with Gasteiger partial charge in [-0.25, -0.2) is 4.39 Å². The Kier molecular flexibility index (Phi) is 2.92. The largest absolute Gasteiger partial charge is 0.504 e. The molecule has 0 aliphatic heterocycles. The van der Waals surface area contributed by atoms with Crippen LogP contribution < -0.4 is 4.74 Å². The molecule has 1 aliphatic rings. The van der Waals surface area contributed by atoms with Crippen LogP contribution in [0.2, 0.25) is 0 Å². The fraction of sp³-hybridized carbons (Fsp3) is 0.462. The summed E-state index contributed by atoms with van der Waals surface area (Å²) in [5.74, 6) is -2.01. The molecule has 0 aromatic heterocycles. The number of hydrogen-bond acceptors (Lipinski definition) is 3. The molecule has 1 aromatic carbocycles. The van der Waals surface area contributed by atoms with Crippen molar-refractivity contribution in [1.82, 2.24) is 0 Å². The molecule has 2 N–H and O–H groups in total. The van der Waals surface area contributed by atoms with Crippen molar-refractivity contribution in [2.45, 2.75) is 31.6 Å². The van der Waals surface area contributed by atoms with Crippen LogP contribution in [0.15, 0.2) is 6.07 Å². The van der Waals surface area contributed by atoms with E-state index in [1.54, 1.807) is 6.92 Å². The van der Waals surface area contributed by atoms with Gasteiger partial charge in [-0.3, -0.25) is 4.79 Å². The molecule has 1 aromatic rings. The molecule has 0 bridgehead atoms. The first-order chi connectivity index (χ1) is 8.41. The van der Waals surface area contributed by atoms with E-state index < -0.39 is 17.2 Å². The van der Waals surface area contributed by atoms with Crippen LogP contribution in [0.5, 0.6) is 11.5 Å². The van der Waals surface area contributed by atoms with Gasteiger partial charge in [0.05, 0.1) is 13.5 Å². The minimum Gasteiger partial charge on any atom is -0.504 e. The first-order valence-electron chi connectivity index (χ1n) is 5.69. The maximum Gasteiger partial charge on any atom is 0.304 e. The number of aliphatic carboxylic acids is 1. The molecular weight excluding hydrogens is 239 g/mol. The molecule has 0 atom stereocenters. The molecule has 0 saturated heterocycles. The van der Waals surface area contributed by atoms with Crippen LogP contribution in [0.25, 0.3) is 0 Å². The maximum atomic E-state index is 13.8. The predicted molar refractivity (Wildman–Crippen MR) is 62.5 cm³/mol. The van der Waals surface area contributed by atoms with Crippen LogP contribution in [0.4, 0.5) is 4.39 Å². The Hall–Kier alpha value is -1.78. The van der Waals surface area contributed by atoms with E-state index in [0.717, 1.165) is 0 Å².